The van der Waals surface area contributed by atoms with Gasteiger partial charge in [0.15, 0.2) is 0 Å². The average molecular weight is 362 g/mol. The molecule has 96 valence electrons. The summed E-state index contributed by atoms with van der Waals surface area (Å²) in [4.78, 5) is 18.2. The fraction of sp³-hybridized carbons (Fsp3) is 0.500. The number of halogens is 4. The van der Waals surface area contributed by atoms with Crippen molar-refractivity contribution in [1.29, 1.82) is 0 Å². The van der Waals surface area contributed by atoms with E-state index < -0.39 is 18.3 Å². The number of aromatic nitrogens is 2. The molecule has 0 unspecified atom stereocenters. The minimum Gasteiger partial charge on any atom is -0.345 e. The first-order valence-corrected chi connectivity index (χ1v) is 5.68. The molecule has 0 spiro atoms. The van der Waals surface area contributed by atoms with Crippen LogP contribution in [0.5, 0.6) is 0 Å². The van der Waals surface area contributed by atoms with Crippen molar-refractivity contribution >= 4 is 28.4 Å². The lowest BCUT2D eigenvalue weighted by Crippen LogP contribution is -2.39. The number of H-pyrrole nitrogens is 1. The Morgan fingerprint density at radius 1 is 1.53 bits per heavy atom. The molecular weight excluding hydrogens is 352 g/mol. The lowest BCUT2D eigenvalue weighted by molar-refractivity contribution is -0.119. The summed E-state index contributed by atoms with van der Waals surface area (Å²) in [5.41, 5.74) is 4.78. The summed E-state index contributed by atoms with van der Waals surface area (Å²) in [5, 5.41) is 0. The van der Waals surface area contributed by atoms with Gasteiger partial charge in [0, 0.05) is 13.1 Å². The van der Waals surface area contributed by atoms with Crippen molar-refractivity contribution < 1.29 is 13.2 Å². The summed E-state index contributed by atoms with van der Waals surface area (Å²) in [6.45, 7) is -1.16. The molecule has 1 heterocycles. The van der Waals surface area contributed by atoms with Crippen molar-refractivity contribution in [2.45, 2.75) is 6.18 Å². The summed E-state index contributed by atoms with van der Waals surface area (Å²) >= 11 is 1.66. The predicted molar refractivity (Wildman–Crippen MR) is 64.9 cm³/mol. The summed E-state index contributed by atoms with van der Waals surface area (Å²) in [6.07, 6.45) is -3.30. The van der Waals surface area contributed by atoms with Crippen molar-refractivity contribution in [3.05, 3.63) is 20.3 Å². The third-order valence-electron chi connectivity index (χ3n) is 1.85. The van der Waals surface area contributed by atoms with E-state index in [2.05, 4.69) is 9.97 Å². The van der Waals surface area contributed by atoms with Gasteiger partial charge in [-0.3, -0.25) is 4.79 Å². The first-order chi connectivity index (χ1) is 7.85. The smallest absolute Gasteiger partial charge is 0.345 e. The maximum Gasteiger partial charge on any atom is 0.405 e. The Morgan fingerprint density at radius 3 is 2.71 bits per heavy atom. The highest BCUT2D eigenvalue weighted by atomic mass is 127. The van der Waals surface area contributed by atoms with E-state index in [-0.39, 0.29) is 22.5 Å². The molecule has 5 nitrogen and oxygen atoms in total. The molecule has 0 aliphatic heterocycles. The molecule has 0 saturated carbocycles. The van der Waals surface area contributed by atoms with Gasteiger partial charge >= 0.3 is 6.18 Å². The topological polar surface area (TPSA) is 75.0 Å². The van der Waals surface area contributed by atoms with Gasteiger partial charge < -0.3 is 15.6 Å². The van der Waals surface area contributed by atoms with Crippen LogP contribution in [0.4, 0.5) is 19.0 Å². The van der Waals surface area contributed by atoms with Crippen molar-refractivity contribution in [2.24, 2.45) is 5.73 Å². The number of hydrogen-bond acceptors (Lipinski definition) is 4. The van der Waals surface area contributed by atoms with Gasteiger partial charge in [-0.15, -0.1) is 0 Å². The van der Waals surface area contributed by atoms with Gasteiger partial charge in [-0.05, 0) is 22.6 Å². The Morgan fingerprint density at radius 2 is 2.18 bits per heavy atom. The second-order valence-electron chi connectivity index (χ2n) is 3.19. The molecule has 0 aliphatic rings. The van der Waals surface area contributed by atoms with Crippen LogP contribution >= 0.6 is 22.6 Å². The van der Waals surface area contributed by atoms with Crippen LogP contribution in [0.3, 0.4) is 0 Å². The highest BCUT2D eigenvalue weighted by Gasteiger charge is 2.32. The molecule has 0 atom stereocenters. The molecular formula is C8H10F3IN4O. The second kappa shape index (κ2) is 5.67. The van der Waals surface area contributed by atoms with Crippen molar-refractivity contribution in [3.8, 4) is 0 Å². The highest BCUT2D eigenvalue weighted by molar-refractivity contribution is 14.1. The van der Waals surface area contributed by atoms with E-state index in [9.17, 15) is 18.0 Å². The van der Waals surface area contributed by atoms with Crippen LogP contribution in [0, 0.1) is 3.57 Å². The van der Waals surface area contributed by atoms with Gasteiger partial charge in [0.1, 0.15) is 15.9 Å². The van der Waals surface area contributed by atoms with Gasteiger partial charge in [-0.2, -0.15) is 13.2 Å². The third-order valence-corrected chi connectivity index (χ3v) is 2.82. The molecule has 0 saturated heterocycles. The number of nitrogens with two attached hydrogens (primary N) is 1. The summed E-state index contributed by atoms with van der Waals surface area (Å²) in [6, 6.07) is 0. The van der Waals surface area contributed by atoms with E-state index in [0.717, 1.165) is 11.2 Å². The third kappa shape index (κ3) is 4.15. The van der Waals surface area contributed by atoms with Crippen molar-refractivity contribution in [3.63, 3.8) is 0 Å². The summed E-state index contributed by atoms with van der Waals surface area (Å²) in [7, 11) is 0. The highest BCUT2D eigenvalue weighted by Crippen LogP contribution is 2.22. The monoisotopic (exact) mass is 362 g/mol. The zero-order valence-corrected chi connectivity index (χ0v) is 10.7. The lowest BCUT2D eigenvalue weighted by atomic mass is 10.4. The molecule has 9 heteroatoms. The number of nitrogens with zero attached hydrogens (tertiary/aromatic N) is 2. The SMILES string of the molecule is NCCN(CC(F)(F)F)c1nc[nH]c(=O)c1I. The van der Waals surface area contributed by atoms with Crippen LogP contribution < -0.4 is 16.2 Å². The van der Waals surface area contributed by atoms with Crippen LogP contribution in [0.15, 0.2) is 11.1 Å². The van der Waals surface area contributed by atoms with Crippen LogP contribution in [-0.2, 0) is 0 Å². The summed E-state index contributed by atoms with van der Waals surface area (Å²) < 4.78 is 37.2. The van der Waals surface area contributed by atoms with E-state index in [1.165, 1.54) is 0 Å². The van der Waals surface area contributed by atoms with E-state index in [1.54, 1.807) is 22.6 Å². The number of alkyl halides is 3. The fourth-order valence-electron chi connectivity index (χ4n) is 1.23. The average Bonchev–Trinajstić information content (AvgIpc) is 2.19. The molecule has 17 heavy (non-hydrogen) atoms. The number of anilines is 1. The quantitative estimate of drug-likeness (QED) is 0.774. The molecule has 1 aromatic rings. The predicted octanol–water partition coefficient (Wildman–Crippen LogP) is 0.702. The van der Waals surface area contributed by atoms with Crippen molar-refractivity contribution in [2.75, 3.05) is 24.5 Å². The Kier molecular flexibility index (Phi) is 4.74. The molecule has 0 bridgehead atoms. The molecule has 3 N–H and O–H groups in total. The first kappa shape index (κ1) is 14.2. The maximum atomic E-state index is 12.3. The number of nitrogens with one attached hydrogen (secondary N) is 1. The Labute approximate surface area is 108 Å². The largest absolute Gasteiger partial charge is 0.405 e. The molecule has 0 fully saturated rings. The standard InChI is InChI=1S/C8H10F3IN4O/c9-8(10,11)3-16(2-1-13)6-5(12)7(17)15-4-14-6/h4H,1-3,13H2,(H,14,15,17). The van der Waals surface area contributed by atoms with Crippen LogP contribution in [0.25, 0.3) is 0 Å². The van der Waals surface area contributed by atoms with E-state index >= 15 is 0 Å². The van der Waals surface area contributed by atoms with E-state index in [1.807, 2.05) is 0 Å². The second-order valence-corrected chi connectivity index (χ2v) is 4.27. The van der Waals surface area contributed by atoms with E-state index in [4.69, 9.17) is 5.73 Å². The Bertz CT molecular complexity index is 434. The molecule has 1 aromatic heterocycles. The minimum atomic E-state index is -4.37. The maximum absolute atomic E-state index is 12.3. The van der Waals surface area contributed by atoms with Gasteiger partial charge in [0.25, 0.3) is 5.56 Å². The molecule has 0 aliphatic carbocycles. The number of aromatic amines is 1. The first-order valence-electron chi connectivity index (χ1n) is 4.60. The minimum absolute atomic E-state index is 0.00266. The van der Waals surface area contributed by atoms with Crippen LogP contribution in [0.2, 0.25) is 0 Å². The number of rotatable bonds is 4. The molecule has 0 aromatic carbocycles. The lowest BCUT2D eigenvalue weighted by Gasteiger charge is -2.24. The van der Waals surface area contributed by atoms with Gasteiger partial charge in [0.2, 0.25) is 0 Å². The molecule has 1 rings (SSSR count). The Hall–Kier alpha value is -0.840. The molecule has 0 radical (unpaired) electrons. The zero-order chi connectivity index (χ0) is 13.1. The Balaban J connectivity index is 3.05. The van der Waals surface area contributed by atoms with Gasteiger partial charge in [-0.25, -0.2) is 4.98 Å². The van der Waals surface area contributed by atoms with Gasteiger partial charge in [-0.1, -0.05) is 0 Å². The van der Waals surface area contributed by atoms with Crippen LogP contribution in [-0.4, -0.2) is 35.8 Å². The number of hydrogen-bond donors (Lipinski definition) is 2. The van der Waals surface area contributed by atoms with Crippen LogP contribution in [0.1, 0.15) is 0 Å². The fourth-order valence-corrected chi connectivity index (χ4v) is 1.86. The normalized spacial score (nSPS) is 11.6. The van der Waals surface area contributed by atoms with Crippen molar-refractivity contribution in [1.82, 2.24) is 9.97 Å². The molecule has 0 amide bonds. The summed E-state index contributed by atoms with van der Waals surface area (Å²) in [5.74, 6) is -0.00266. The zero-order valence-electron chi connectivity index (χ0n) is 8.59. The van der Waals surface area contributed by atoms with Gasteiger partial charge in [0.05, 0.1) is 6.33 Å². The van der Waals surface area contributed by atoms with E-state index in [0.29, 0.717) is 0 Å².